The van der Waals surface area contributed by atoms with Crippen molar-refractivity contribution in [1.29, 1.82) is 0 Å². The molecule has 5 heteroatoms. The number of hydrogen-bond donors (Lipinski definition) is 1. The van der Waals surface area contributed by atoms with Gasteiger partial charge in [-0.1, -0.05) is 6.42 Å². The van der Waals surface area contributed by atoms with Gasteiger partial charge in [0.25, 0.3) is 0 Å². The summed E-state index contributed by atoms with van der Waals surface area (Å²) >= 11 is 0. The lowest BCUT2D eigenvalue weighted by molar-refractivity contribution is 0.123. The lowest BCUT2D eigenvalue weighted by Crippen LogP contribution is -2.33. The molecule has 1 saturated carbocycles. The quantitative estimate of drug-likeness (QED) is 0.711. The van der Waals surface area contributed by atoms with E-state index in [9.17, 15) is 13.5 Å². The highest BCUT2D eigenvalue weighted by Gasteiger charge is 2.28. The maximum Gasteiger partial charge on any atom is 0.210 e. The number of sulfonamides is 1. The van der Waals surface area contributed by atoms with Crippen LogP contribution in [0.1, 0.15) is 19.3 Å². The van der Waals surface area contributed by atoms with Gasteiger partial charge in [-0.25, -0.2) is 12.7 Å². The van der Waals surface area contributed by atoms with Crippen LogP contribution in [0.3, 0.4) is 0 Å². The highest BCUT2D eigenvalue weighted by molar-refractivity contribution is 7.88. The average Bonchev–Trinajstić information content (AvgIpc) is 2.34. The third-order valence-electron chi connectivity index (χ3n) is 2.68. The van der Waals surface area contributed by atoms with Crippen molar-refractivity contribution in [3.8, 4) is 0 Å². The molecule has 0 aromatic heterocycles. The molecule has 1 aliphatic carbocycles. The second kappa shape index (κ2) is 3.94. The van der Waals surface area contributed by atoms with Gasteiger partial charge in [-0.15, -0.1) is 0 Å². The molecule has 1 N–H and O–H groups in total. The summed E-state index contributed by atoms with van der Waals surface area (Å²) in [7, 11) is -1.54. The Hall–Kier alpha value is -0.130. The average molecular weight is 207 g/mol. The summed E-state index contributed by atoms with van der Waals surface area (Å²) in [5, 5.41) is 9.48. The van der Waals surface area contributed by atoms with Crippen LogP contribution in [0.25, 0.3) is 0 Å². The standard InChI is InChI=1S/C8H17NO3S/c1-9(13(2,11)12)6-7-4-3-5-8(7)10/h7-8,10H,3-6H2,1-2H3. The molecular weight excluding hydrogens is 190 g/mol. The van der Waals surface area contributed by atoms with Gasteiger partial charge in [-0.05, 0) is 18.8 Å². The fourth-order valence-corrected chi connectivity index (χ4v) is 2.16. The summed E-state index contributed by atoms with van der Waals surface area (Å²) in [5.74, 6) is 0.125. The van der Waals surface area contributed by atoms with Gasteiger partial charge in [-0.2, -0.15) is 0 Å². The van der Waals surface area contributed by atoms with E-state index in [0.29, 0.717) is 6.54 Å². The molecule has 2 unspecified atom stereocenters. The summed E-state index contributed by atoms with van der Waals surface area (Å²) in [6.45, 7) is 0.444. The normalized spacial score (nSPS) is 29.8. The van der Waals surface area contributed by atoms with Crippen LogP contribution in [0.2, 0.25) is 0 Å². The van der Waals surface area contributed by atoms with Crippen molar-refractivity contribution in [3.63, 3.8) is 0 Å². The molecule has 0 radical (unpaired) electrons. The summed E-state index contributed by atoms with van der Waals surface area (Å²) in [6, 6.07) is 0. The smallest absolute Gasteiger partial charge is 0.210 e. The summed E-state index contributed by atoms with van der Waals surface area (Å²) in [5.41, 5.74) is 0. The van der Waals surface area contributed by atoms with Crippen molar-refractivity contribution < 1.29 is 13.5 Å². The molecule has 0 saturated heterocycles. The van der Waals surface area contributed by atoms with Gasteiger partial charge in [-0.3, -0.25) is 0 Å². The molecular formula is C8H17NO3S. The predicted molar refractivity (Wildman–Crippen MR) is 50.8 cm³/mol. The first-order valence-electron chi connectivity index (χ1n) is 4.50. The zero-order valence-corrected chi connectivity index (χ0v) is 8.92. The molecule has 78 valence electrons. The van der Waals surface area contributed by atoms with Crippen LogP contribution in [0, 0.1) is 5.92 Å². The third kappa shape index (κ3) is 2.93. The van der Waals surface area contributed by atoms with E-state index in [-0.39, 0.29) is 12.0 Å². The van der Waals surface area contributed by atoms with E-state index >= 15 is 0 Å². The molecule has 4 nitrogen and oxygen atoms in total. The van der Waals surface area contributed by atoms with E-state index in [0.717, 1.165) is 19.3 Å². The first-order chi connectivity index (χ1) is 5.91. The van der Waals surface area contributed by atoms with Gasteiger partial charge in [0.2, 0.25) is 10.0 Å². The lowest BCUT2D eigenvalue weighted by atomic mass is 10.1. The van der Waals surface area contributed by atoms with Crippen molar-refractivity contribution in [1.82, 2.24) is 4.31 Å². The van der Waals surface area contributed by atoms with Gasteiger partial charge in [0.15, 0.2) is 0 Å². The fourth-order valence-electron chi connectivity index (χ4n) is 1.70. The van der Waals surface area contributed by atoms with E-state index in [1.807, 2.05) is 0 Å². The van der Waals surface area contributed by atoms with Gasteiger partial charge >= 0.3 is 0 Å². The Labute approximate surface area is 79.6 Å². The van der Waals surface area contributed by atoms with E-state index < -0.39 is 10.0 Å². The Balaban J connectivity index is 2.49. The third-order valence-corrected chi connectivity index (χ3v) is 3.96. The molecule has 0 spiro atoms. The number of aliphatic hydroxyl groups excluding tert-OH is 1. The molecule has 1 aliphatic rings. The zero-order chi connectivity index (χ0) is 10.1. The van der Waals surface area contributed by atoms with Crippen LogP contribution in [0.5, 0.6) is 0 Å². The Bertz CT molecular complexity index is 263. The monoisotopic (exact) mass is 207 g/mol. The summed E-state index contributed by atoms with van der Waals surface area (Å²) < 4.78 is 23.5. The molecule has 0 amide bonds. The summed E-state index contributed by atoms with van der Waals surface area (Å²) in [6.07, 6.45) is 3.62. The van der Waals surface area contributed by atoms with Crippen LogP contribution < -0.4 is 0 Å². The second-order valence-corrected chi connectivity index (χ2v) is 5.89. The second-order valence-electron chi connectivity index (χ2n) is 3.80. The topological polar surface area (TPSA) is 57.6 Å². The number of aliphatic hydroxyl groups is 1. The lowest BCUT2D eigenvalue weighted by Gasteiger charge is -2.20. The Morgan fingerprint density at radius 2 is 2.08 bits per heavy atom. The molecule has 0 aliphatic heterocycles. The largest absolute Gasteiger partial charge is 0.393 e. The minimum absolute atomic E-state index is 0.125. The van der Waals surface area contributed by atoms with Gasteiger partial charge in [0.1, 0.15) is 0 Å². The minimum atomic E-state index is -3.09. The highest BCUT2D eigenvalue weighted by atomic mass is 32.2. The van der Waals surface area contributed by atoms with Crippen LogP contribution in [0.15, 0.2) is 0 Å². The molecule has 0 aromatic carbocycles. The maximum absolute atomic E-state index is 11.1. The van der Waals surface area contributed by atoms with E-state index in [2.05, 4.69) is 0 Å². The van der Waals surface area contributed by atoms with E-state index in [1.54, 1.807) is 7.05 Å². The molecule has 13 heavy (non-hydrogen) atoms. The van der Waals surface area contributed by atoms with Crippen molar-refractivity contribution >= 4 is 10.0 Å². The molecule has 0 bridgehead atoms. The SMILES string of the molecule is CN(CC1CCCC1O)S(C)(=O)=O. The Morgan fingerprint density at radius 3 is 2.46 bits per heavy atom. The van der Waals surface area contributed by atoms with Crippen LogP contribution >= 0.6 is 0 Å². The molecule has 0 heterocycles. The molecule has 2 atom stereocenters. The van der Waals surface area contributed by atoms with Crippen molar-refractivity contribution in [2.24, 2.45) is 5.92 Å². The van der Waals surface area contributed by atoms with Gasteiger partial charge in [0.05, 0.1) is 12.4 Å². The van der Waals surface area contributed by atoms with Crippen LogP contribution in [0.4, 0.5) is 0 Å². The fraction of sp³-hybridized carbons (Fsp3) is 1.00. The first-order valence-corrected chi connectivity index (χ1v) is 6.35. The van der Waals surface area contributed by atoms with Crippen molar-refractivity contribution in [3.05, 3.63) is 0 Å². The minimum Gasteiger partial charge on any atom is -0.393 e. The number of nitrogens with zero attached hydrogens (tertiary/aromatic N) is 1. The maximum atomic E-state index is 11.1. The number of hydrogen-bond acceptors (Lipinski definition) is 3. The number of rotatable bonds is 3. The highest BCUT2D eigenvalue weighted by Crippen LogP contribution is 2.26. The zero-order valence-electron chi connectivity index (χ0n) is 8.10. The van der Waals surface area contributed by atoms with Crippen LogP contribution in [-0.4, -0.2) is 43.8 Å². The van der Waals surface area contributed by atoms with Crippen molar-refractivity contribution in [2.75, 3.05) is 19.8 Å². The van der Waals surface area contributed by atoms with Gasteiger partial charge in [0, 0.05) is 13.6 Å². The first kappa shape index (κ1) is 10.9. The Morgan fingerprint density at radius 1 is 1.46 bits per heavy atom. The van der Waals surface area contributed by atoms with Crippen molar-refractivity contribution in [2.45, 2.75) is 25.4 Å². The van der Waals surface area contributed by atoms with E-state index in [1.165, 1.54) is 10.6 Å². The van der Waals surface area contributed by atoms with E-state index in [4.69, 9.17) is 0 Å². The van der Waals surface area contributed by atoms with Gasteiger partial charge < -0.3 is 5.11 Å². The predicted octanol–water partition coefficient (Wildman–Crippen LogP) is 0.0388. The molecule has 1 rings (SSSR count). The Kier molecular flexibility index (Phi) is 3.32. The molecule has 1 fully saturated rings. The summed E-state index contributed by atoms with van der Waals surface area (Å²) in [4.78, 5) is 0. The van der Waals surface area contributed by atoms with Crippen LogP contribution in [-0.2, 0) is 10.0 Å². The molecule has 0 aromatic rings.